The molecule has 0 radical (unpaired) electrons. The van der Waals surface area contributed by atoms with E-state index in [1.54, 1.807) is 0 Å². The Kier molecular flexibility index (Phi) is 3.78. The van der Waals surface area contributed by atoms with E-state index in [9.17, 15) is 0 Å². The molecule has 3 rings (SSSR count). The first kappa shape index (κ1) is 13.9. The van der Waals surface area contributed by atoms with Crippen LogP contribution in [0.15, 0.2) is 30.3 Å². The summed E-state index contributed by atoms with van der Waals surface area (Å²) in [6.07, 6.45) is 2.42. The van der Waals surface area contributed by atoms with Gasteiger partial charge in [-0.3, -0.25) is 0 Å². The Bertz CT molecular complexity index is 618. The Balaban J connectivity index is 1.82. The maximum Gasteiger partial charge on any atom is 0.222 e. The minimum Gasteiger partial charge on any atom is -0.368 e. The first-order valence-electron chi connectivity index (χ1n) is 7.54. The van der Waals surface area contributed by atoms with Crippen molar-refractivity contribution < 1.29 is 0 Å². The number of nitrogen functional groups attached to an aromatic ring is 1. The SMILES string of the molecule is Cc1cccc([C@H]2CCCN(c3cc(C)nc(N)n3)C2)c1. The molecule has 0 unspecified atom stereocenters. The van der Waals surface area contributed by atoms with Crippen molar-refractivity contribution in [2.45, 2.75) is 32.6 Å². The Labute approximate surface area is 126 Å². The van der Waals surface area contributed by atoms with Gasteiger partial charge >= 0.3 is 0 Å². The van der Waals surface area contributed by atoms with Crippen LogP contribution in [0.4, 0.5) is 11.8 Å². The van der Waals surface area contributed by atoms with Crippen LogP contribution in [0, 0.1) is 13.8 Å². The number of aromatic nitrogens is 2. The molecule has 1 fully saturated rings. The van der Waals surface area contributed by atoms with E-state index in [-0.39, 0.29) is 0 Å². The van der Waals surface area contributed by atoms with E-state index in [0.29, 0.717) is 11.9 Å². The summed E-state index contributed by atoms with van der Waals surface area (Å²) in [6.45, 7) is 6.15. The Morgan fingerprint density at radius 1 is 1.19 bits per heavy atom. The molecule has 4 nitrogen and oxygen atoms in total. The molecule has 1 saturated heterocycles. The molecule has 2 aromatic rings. The highest BCUT2D eigenvalue weighted by atomic mass is 15.2. The summed E-state index contributed by atoms with van der Waals surface area (Å²) in [5, 5.41) is 0. The molecule has 0 aliphatic carbocycles. The topological polar surface area (TPSA) is 55.0 Å². The summed E-state index contributed by atoms with van der Waals surface area (Å²) >= 11 is 0. The molecule has 21 heavy (non-hydrogen) atoms. The molecule has 1 atom stereocenters. The second-order valence-corrected chi connectivity index (χ2v) is 5.93. The molecule has 1 aliphatic heterocycles. The normalized spacial score (nSPS) is 18.8. The number of rotatable bonds is 2. The molecule has 1 aromatic carbocycles. The first-order valence-corrected chi connectivity index (χ1v) is 7.54. The van der Waals surface area contributed by atoms with Crippen LogP contribution in [0.2, 0.25) is 0 Å². The van der Waals surface area contributed by atoms with E-state index in [0.717, 1.165) is 24.6 Å². The van der Waals surface area contributed by atoms with Gasteiger partial charge in [0.1, 0.15) is 5.82 Å². The molecule has 0 amide bonds. The second-order valence-electron chi connectivity index (χ2n) is 5.93. The lowest BCUT2D eigenvalue weighted by molar-refractivity contribution is 0.507. The standard InChI is InChI=1S/C17H22N4/c1-12-5-3-6-14(9-12)15-7-4-8-21(11-15)16-10-13(2)19-17(18)20-16/h3,5-6,9-10,15H,4,7-8,11H2,1-2H3,(H2,18,19,20)/t15-/m0/s1. The summed E-state index contributed by atoms with van der Waals surface area (Å²) in [4.78, 5) is 10.9. The smallest absolute Gasteiger partial charge is 0.222 e. The minimum atomic E-state index is 0.364. The summed E-state index contributed by atoms with van der Waals surface area (Å²) in [7, 11) is 0. The van der Waals surface area contributed by atoms with Crippen LogP contribution in [0.5, 0.6) is 0 Å². The van der Waals surface area contributed by atoms with Gasteiger partial charge in [0.05, 0.1) is 0 Å². The number of aryl methyl sites for hydroxylation is 2. The zero-order valence-electron chi connectivity index (χ0n) is 12.7. The van der Waals surface area contributed by atoms with E-state index in [1.807, 2.05) is 13.0 Å². The van der Waals surface area contributed by atoms with Crippen molar-refractivity contribution >= 4 is 11.8 Å². The minimum absolute atomic E-state index is 0.364. The lowest BCUT2D eigenvalue weighted by Gasteiger charge is -2.34. The van der Waals surface area contributed by atoms with Gasteiger partial charge in [0.2, 0.25) is 5.95 Å². The van der Waals surface area contributed by atoms with Crippen molar-refractivity contribution in [2.75, 3.05) is 23.7 Å². The Morgan fingerprint density at radius 2 is 2.05 bits per heavy atom. The molecule has 0 saturated carbocycles. The van der Waals surface area contributed by atoms with Crippen LogP contribution >= 0.6 is 0 Å². The maximum atomic E-state index is 5.78. The summed E-state index contributed by atoms with van der Waals surface area (Å²) in [5.74, 6) is 1.88. The average Bonchev–Trinajstić information content (AvgIpc) is 2.46. The predicted molar refractivity (Wildman–Crippen MR) is 86.5 cm³/mol. The van der Waals surface area contributed by atoms with Gasteiger partial charge in [0, 0.05) is 30.8 Å². The lowest BCUT2D eigenvalue weighted by Crippen LogP contribution is -2.35. The van der Waals surface area contributed by atoms with Gasteiger partial charge in [0.25, 0.3) is 0 Å². The van der Waals surface area contributed by atoms with Gasteiger partial charge in [-0.25, -0.2) is 4.98 Å². The van der Waals surface area contributed by atoms with Crippen molar-refractivity contribution in [1.29, 1.82) is 0 Å². The highest BCUT2D eigenvalue weighted by Gasteiger charge is 2.22. The van der Waals surface area contributed by atoms with Crippen molar-refractivity contribution in [2.24, 2.45) is 0 Å². The van der Waals surface area contributed by atoms with Crippen LogP contribution in [0.1, 0.15) is 35.6 Å². The first-order chi connectivity index (χ1) is 10.1. The van der Waals surface area contributed by atoms with Crippen LogP contribution in [-0.4, -0.2) is 23.1 Å². The molecular weight excluding hydrogens is 260 g/mol. The van der Waals surface area contributed by atoms with Gasteiger partial charge in [-0.2, -0.15) is 4.98 Å². The predicted octanol–water partition coefficient (Wildman–Crippen LogP) is 3.06. The molecule has 0 bridgehead atoms. The second kappa shape index (κ2) is 5.72. The lowest BCUT2D eigenvalue weighted by atomic mass is 9.90. The van der Waals surface area contributed by atoms with Gasteiger partial charge < -0.3 is 10.6 Å². The van der Waals surface area contributed by atoms with Gasteiger partial charge in [-0.1, -0.05) is 29.8 Å². The Hall–Kier alpha value is -2.10. The van der Waals surface area contributed by atoms with Crippen LogP contribution in [0.3, 0.4) is 0 Å². The molecular formula is C17H22N4. The highest BCUT2D eigenvalue weighted by molar-refractivity contribution is 5.44. The summed E-state index contributed by atoms with van der Waals surface area (Å²) < 4.78 is 0. The number of nitrogens with two attached hydrogens (primary N) is 1. The van der Waals surface area contributed by atoms with Crippen molar-refractivity contribution in [3.63, 3.8) is 0 Å². The third kappa shape index (κ3) is 3.15. The third-order valence-electron chi connectivity index (χ3n) is 4.12. The number of nitrogens with zero attached hydrogens (tertiary/aromatic N) is 3. The summed E-state index contributed by atoms with van der Waals surface area (Å²) in [6, 6.07) is 10.9. The van der Waals surface area contributed by atoms with E-state index in [2.05, 4.69) is 46.1 Å². The van der Waals surface area contributed by atoms with E-state index in [4.69, 9.17) is 5.73 Å². The third-order valence-corrected chi connectivity index (χ3v) is 4.12. The number of anilines is 2. The van der Waals surface area contributed by atoms with Crippen molar-refractivity contribution in [1.82, 2.24) is 9.97 Å². The molecule has 2 heterocycles. The molecule has 1 aromatic heterocycles. The number of hydrogen-bond donors (Lipinski definition) is 1. The molecule has 4 heteroatoms. The van der Waals surface area contributed by atoms with Crippen molar-refractivity contribution in [3.05, 3.63) is 47.2 Å². The van der Waals surface area contributed by atoms with Crippen LogP contribution in [-0.2, 0) is 0 Å². The fourth-order valence-electron chi connectivity index (χ4n) is 3.12. The quantitative estimate of drug-likeness (QED) is 0.919. The zero-order chi connectivity index (χ0) is 14.8. The zero-order valence-corrected chi connectivity index (χ0v) is 12.7. The van der Waals surface area contributed by atoms with Gasteiger partial charge in [-0.05, 0) is 32.3 Å². The van der Waals surface area contributed by atoms with Crippen LogP contribution in [0.25, 0.3) is 0 Å². The monoisotopic (exact) mass is 282 g/mol. The highest BCUT2D eigenvalue weighted by Crippen LogP contribution is 2.29. The molecule has 1 aliphatic rings. The molecule has 0 spiro atoms. The largest absolute Gasteiger partial charge is 0.368 e. The fraction of sp³-hybridized carbons (Fsp3) is 0.412. The Morgan fingerprint density at radius 3 is 2.81 bits per heavy atom. The van der Waals surface area contributed by atoms with Crippen molar-refractivity contribution in [3.8, 4) is 0 Å². The van der Waals surface area contributed by atoms with E-state index >= 15 is 0 Å². The molecule has 110 valence electrons. The van der Waals surface area contributed by atoms with E-state index < -0.39 is 0 Å². The summed E-state index contributed by atoms with van der Waals surface area (Å²) in [5.41, 5.74) is 9.46. The van der Waals surface area contributed by atoms with E-state index in [1.165, 1.54) is 24.0 Å². The number of piperidine rings is 1. The maximum absolute atomic E-state index is 5.78. The number of benzene rings is 1. The van der Waals surface area contributed by atoms with Gasteiger partial charge in [0.15, 0.2) is 0 Å². The fourth-order valence-corrected chi connectivity index (χ4v) is 3.12. The number of hydrogen-bond acceptors (Lipinski definition) is 4. The molecule has 2 N–H and O–H groups in total. The average molecular weight is 282 g/mol. The van der Waals surface area contributed by atoms with Crippen LogP contribution < -0.4 is 10.6 Å². The van der Waals surface area contributed by atoms with Gasteiger partial charge in [-0.15, -0.1) is 0 Å².